The van der Waals surface area contributed by atoms with Crippen molar-refractivity contribution in [3.8, 4) is 0 Å². The fourth-order valence-electron chi connectivity index (χ4n) is 0.515. The van der Waals surface area contributed by atoms with Crippen molar-refractivity contribution in [1.29, 1.82) is 0 Å². The molecule has 4 heteroatoms. The first-order valence-electron chi connectivity index (χ1n) is 3.00. The zero-order chi connectivity index (χ0) is 10.4. The third-order valence-electron chi connectivity index (χ3n) is 0.867. The van der Waals surface area contributed by atoms with Gasteiger partial charge in [-0.1, -0.05) is 6.92 Å². The summed E-state index contributed by atoms with van der Waals surface area (Å²) in [5.74, 6) is 0. The topological polar surface area (TPSA) is 51.2 Å². The predicted molar refractivity (Wildman–Crippen MR) is 47.6 cm³/mol. The standard InChI is InChI=1S/C6H7.3CH2O.Re/c1-6-4-2-3-5-6;3*1-2;/h2,4H,3H2,1H3;3*1H2;/q-1;;;;. The first kappa shape index (κ1) is 22.7. The van der Waals surface area contributed by atoms with Crippen LogP contribution in [0.3, 0.4) is 0 Å². The molecule has 0 aliphatic heterocycles. The van der Waals surface area contributed by atoms with Gasteiger partial charge in [0.1, 0.15) is 20.4 Å². The molecule has 13 heavy (non-hydrogen) atoms. The second-order valence-electron chi connectivity index (χ2n) is 1.47. The molecule has 0 unspecified atom stereocenters. The number of hydrogen-bond acceptors (Lipinski definition) is 3. The molecule has 1 aliphatic rings. The summed E-state index contributed by atoms with van der Waals surface area (Å²) in [6, 6.07) is 0. The zero-order valence-corrected chi connectivity index (χ0v) is 10.3. The van der Waals surface area contributed by atoms with Gasteiger partial charge < -0.3 is 14.4 Å². The van der Waals surface area contributed by atoms with Gasteiger partial charge in [0, 0.05) is 20.4 Å². The Hall–Kier alpha value is -0.848. The Labute approximate surface area is 92.6 Å². The number of carbonyl (C=O) groups excluding carboxylic acids is 3. The van der Waals surface area contributed by atoms with Gasteiger partial charge in [0.2, 0.25) is 0 Å². The van der Waals surface area contributed by atoms with Crippen LogP contribution in [0.4, 0.5) is 0 Å². The largest absolute Gasteiger partial charge is 0.307 e. The molecule has 0 bridgehead atoms. The Morgan fingerprint density at radius 3 is 1.62 bits per heavy atom. The van der Waals surface area contributed by atoms with Crippen LogP contribution in [0.15, 0.2) is 17.7 Å². The van der Waals surface area contributed by atoms with Crippen LogP contribution < -0.4 is 0 Å². The monoisotopic (exact) mass is 356 g/mol. The van der Waals surface area contributed by atoms with Crippen molar-refractivity contribution in [3.05, 3.63) is 23.8 Å². The van der Waals surface area contributed by atoms with E-state index in [-0.39, 0.29) is 20.4 Å². The molecule has 1 radical (unpaired) electrons. The molecule has 0 heterocycles. The molecule has 0 saturated carbocycles. The third kappa shape index (κ3) is 24.7. The molecule has 1 rings (SSSR count). The second kappa shape index (κ2) is 30.4. The Kier molecular flexibility index (Phi) is 53.1. The number of rotatable bonds is 0. The van der Waals surface area contributed by atoms with Crippen molar-refractivity contribution in [2.24, 2.45) is 0 Å². The first-order valence-corrected chi connectivity index (χ1v) is 3.00. The van der Waals surface area contributed by atoms with Crippen LogP contribution in [0.1, 0.15) is 13.3 Å². The quantitative estimate of drug-likeness (QED) is 0.613. The van der Waals surface area contributed by atoms with E-state index in [9.17, 15) is 0 Å². The van der Waals surface area contributed by atoms with Crippen LogP contribution in [0.2, 0.25) is 0 Å². The van der Waals surface area contributed by atoms with E-state index in [2.05, 4.69) is 25.2 Å². The van der Waals surface area contributed by atoms with Crippen LogP contribution in [0.25, 0.3) is 0 Å². The fraction of sp³-hybridized carbons (Fsp3) is 0.222. The van der Waals surface area contributed by atoms with Crippen LogP contribution in [0, 0.1) is 6.08 Å². The average molecular weight is 355 g/mol. The molecule has 0 amide bonds. The third-order valence-corrected chi connectivity index (χ3v) is 0.867. The molecule has 0 fully saturated rings. The first-order chi connectivity index (χ1) is 5.89. The fourth-order valence-corrected chi connectivity index (χ4v) is 0.515. The van der Waals surface area contributed by atoms with Gasteiger partial charge in [-0.2, -0.15) is 6.08 Å². The van der Waals surface area contributed by atoms with E-state index in [4.69, 9.17) is 14.4 Å². The molecule has 0 N–H and O–H groups in total. The summed E-state index contributed by atoms with van der Waals surface area (Å²) >= 11 is 0. The average Bonchev–Trinajstić information content (AvgIpc) is 2.66. The molecular weight excluding hydrogens is 342 g/mol. The molecule has 0 aromatic heterocycles. The predicted octanol–water partition coefficient (Wildman–Crippen LogP) is 1.14. The minimum Gasteiger partial charge on any atom is -0.307 e. The van der Waals surface area contributed by atoms with Crippen LogP contribution in [-0.2, 0) is 34.8 Å². The van der Waals surface area contributed by atoms with Crippen molar-refractivity contribution in [2.45, 2.75) is 13.3 Å². The zero-order valence-electron chi connectivity index (χ0n) is 7.59. The number of allylic oxidation sites excluding steroid dienone is 4. The summed E-state index contributed by atoms with van der Waals surface area (Å²) in [5, 5.41) is 0. The summed E-state index contributed by atoms with van der Waals surface area (Å²) in [5.41, 5.74) is 1.27. The molecule has 0 spiro atoms. The molecule has 75 valence electrons. The summed E-state index contributed by atoms with van der Waals surface area (Å²) in [6.45, 7) is 8.06. The molecule has 0 saturated heterocycles. The maximum atomic E-state index is 8.00. The van der Waals surface area contributed by atoms with Gasteiger partial charge in [0.15, 0.2) is 0 Å². The smallest absolute Gasteiger partial charge is 0.106 e. The molecule has 1 aliphatic carbocycles. The molecule has 0 atom stereocenters. The van der Waals surface area contributed by atoms with Crippen molar-refractivity contribution in [1.82, 2.24) is 0 Å². The minimum absolute atomic E-state index is 0. The van der Waals surface area contributed by atoms with E-state index < -0.39 is 0 Å². The number of carbonyl (C=O) groups is 3. The summed E-state index contributed by atoms with van der Waals surface area (Å²) in [7, 11) is 0. The summed E-state index contributed by atoms with van der Waals surface area (Å²) in [4.78, 5) is 24.0. The Balaban J connectivity index is -0.0000000508. The Bertz CT molecular complexity index is 136. The molecule has 3 nitrogen and oxygen atoms in total. The summed E-state index contributed by atoms with van der Waals surface area (Å²) < 4.78 is 0. The molecular formula is C9H13O3Re-. The maximum Gasteiger partial charge on any atom is 0.106 e. The SMILES string of the molecule is C=O.C=O.C=O.CC1=[C-]CC=C1.[Re]. The van der Waals surface area contributed by atoms with Gasteiger partial charge in [-0.3, -0.25) is 6.08 Å². The van der Waals surface area contributed by atoms with Gasteiger partial charge in [-0.25, -0.2) is 11.6 Å². The van der Waals surface area contributed by atoms with Gasteiger partial charge in [0.05, 0.1) is 0 Å². The van der Waals surface area contributed by atoms with Crippen molar-refractivity contribution in [2.75, 3.05) is 0 Å². The van der Waals surface area contributed by atoms with Crippen molar-refractivity contribution < 1.29 is 34.8 Å². The van der Waals surface area contributed by atoms with E-state index in [0.29, 0.717) is 0 Å². The second-order valence-corrected chi connectivity index (χ2v) is 1.47. The molecule has 0 aromatic rings. The van der Waals surface area contributed by atoms with Crippen LogP contribution >= 0.6 is 0 Å². The van der Waals surface area contributed by atoms with E-state index in [1.807, 2.05) is 20.4 Å². The van der Waals surface area contributed by atoms with Crippen LogP contribution in [-0.4, -0.2) is 20.4 Å². The van der Waals surface area contributed by atoms with E-state index in [1.54, 1.807) is 0 Å². The minimum atomic E-state index is 0. The van der Waals surface area contributed by atoms with Gasteiger partial charge >= 0.3 is 0 Å². The van der Waals surface area contributed by atoms with Crippen molar-refractivity contribution in [3.63, 3.8) is 0 Å². The van der Waals surface area contributed by atoms with Crippen molar-refractivity contribution >= 4 is 20.4 Å². The van der Waals surface area contributed by atoms with Gasteiger partial charge in [-0.15, -0.1) is 6.42 Å². The molecule has 0 aromatic carbocycles. The normalized spacial score (nSPS) is 9.46. The summed E-state index contributed by atoms with van der Waals surface area (Å²) in [6.07, 6.45) is 8.33. The Morgan fingerprint density at radius 2 is 1.54 bits per heavy atom. The number of hydrogen-bond donors (Lipinski definition) is 0. The van der Waals surface area contributed by atoms with E-state index in [1.165, 1.54) is 5.57 Å². The van der Waals surface area contributed by atoms with E-state index >= 15 is 0 Å². The van der Waals surface area contributed by atoms with Gasteiger partial charge in [-0.05, 0) is 0 Å². The van der Waals surface area contributed by atoms with Gasteiger partial charge in [0.25, 0.3) is 0 Å². The Morgan fingerprint density at radius 1 is 1.15 bits per heavy atom. The van der Waals surface area contributed by atoms with Crippen LogP contribution in [0.5, 0.6) is 0 Å². The van der Waals surface area contributed by atoms with E-state index in [0.717, 1.165) is 6.42 Å². The maximum absolute atomic E-state index is 8.00.